The van der Waals surface area contributed by atoms with E-state index in [1.165, 1.54) is 6.20 Å². The van der Waals surface area contributed by atoms with Crippen LogP contribution in [0.1, 0.15) is 24.1 Å². The number of carbonyl (C=O) groups is 1. The number of hydrogen-bond donors (Lipinski definition) is 0. The van der Waals surface area contributed by atoms with Crippen LogP contribution >= 0.6 is 0 Å². The van der Waals surface area contributed by atoms with Crippen LogP contribution in [0.3, 0.4) is 0 Å². The molecular weight excluding hydrogens is 214 g/mol. The molecule has 1 aromatic rings. The van der Waals surface area contributed by atoms with Gasteiger partial charge >= 0.3 is 0 Å². The van der Waals surface area contributed by atoms with Crippen molar-refractivity contribution in [2.75, 3.05) is 13.1 Å². The molecule has 0 atom stereocenters. The van der Waals surface area contributed by atoms with Gasteiger partial charge in [0.1, 0.15) is 11.8 Å². The van der Waals surface area contributed by atoms with Crippen LogP contribution in [-0.2, 0) is 4.79 Å². The Hall–Kier alpha value is -2.33. The molecule has 0 aromatic carbocycles. The molecule has 0 bridgehead atoms. The predicted molar refractivity (Wildman–Crippen MR) is 61.6 cm³/mol. The summed E-state index contributed by atoms with van der Waals surface area (Å²) in [5.74, 6) is 5.97. The van der Waals surface area contributed by atoms with E-state index in [1.54, 1.807) is 17.0 Å². The first-order chi connectivity index (χ1) is 8.29. The zero-order valence-electron chi connectivity index (χ0n) is 9.31. The molecule has 1 fully saturated rings. The largest absolute Gasteiger partial charge is 0.332 e. The molecule has 1 aromatic heterocycles. The molecule has 4 heteroatoms. The number of nitriles is 1. The summed E-state index contributed by atoms with van der Waals surface area (Å²) in [5.41, 5.74) is 1.14. The van der Waals surface area contributed by atoms with Gasteiger partial charge in [-0.2, -0.15) is 5.26 Å². The molecule has 4 nitrogen and oxygen atoms in total. The Morgan fingerprint density at radius 3 is 2.94 bits per heavy atom. The van der Waals surface area contributed by atoms with Crippen LogP contribution < -0.4 is 0 Å². The Kier molecular flexibility index (Phi) is 3.37. The Bertz CT molecular complexity index is 516. The molecule has 0 saturated carbocycles. The number of rotatable bonds is 1. The molecule has 0 unspecified atom stereocenters. The van der Waals surface area contributed by atoms with Crippen molar-refractivity contribution in [3.8, 4) is 17.9 Å². The fourth-order valence-corrected chi connectivity index (χ4v) is 1.63. The highest BCUT2D eigenvalue weighted by Crippen LogP contribution is 2.07. The van der Waals surface area contributed by atoms with Crippen molar-refractivity contribution < 1.29 is 4.79 Å². The maximum atomic E-state index is 11.3. The number of hydrogen-bond acceptors (Lipinski definition) is 3. The minimum Gasteiger partial charge on any atom is -0.332 e. The fourth-order valence-electron chi connectivity index (χ4n) is 1.63. The van der Waals surface area contributed by atoms with Crippen LogP contribution in [0.2, 0.25) is 0 Å². The molecule has 0 radical (unpaired) electrons. The van der Waals surface area contributed by atoms with Crippen molar-refractivity contribution in [2.45, 2.75) is 12.8 Å². The summed E-state index contributed by atoms with van der Waals surface area (Å²) < 4.78 is 0. The molecule has 0 spiro atoms. The average molecular weight is 225 g/mol. The van der Waals surface area contributed by atoms with Crippen molar-refractivity contribution in [1.82, 2.24) is 9.88 Å². The highest BCUT2D eigenvalue weighted by Gasteiger charge is 2.18. The number of nitrogens with zero attached hydrogens (tertiary/aromatic N) is 3. The molecular formula is C13H11N3O. The lowest BCUT2D eigenvalue weighted by Crippen LogP contribution is -2.24. The van der Waals surface area contributed by atoms with E-state index in [2.05, 4.69) is 16.8 Å². The van der Waals surface area contributed by atoms with E-state index in [0.717, 1.165) is 13.0 Å². The summed E-state index contributed by atoms with van der Waals surface area (Å²) in [7, 11) is 0. The maximum absolute atomic E-state index is 11.3. The highest BCUT2D eigenvalue weighted by molar-refractivity contribution is 5.78. The van der Waals surface area contributed by atoms with Gasteiger partial charge in [-0.25, -0.2) is 4.98 Å². The Balaban J connectivity index is 1.96. The smallest absolute Gasteiger partial charge is 0.223 e. The average Bonchev–Trinajstić information content (AvgIpc) is 2.76. The quantitative estimate of drug-likeness (QED) is 0.668. The summed E-state index contributed by atoms with van der Waals surface area (Å²) in [6, 6.07) is 5.38. The second kappa shape index (κ2) is 5.14. The lowest BCUT2D eigenvalue weighted by atomic mass is 10.3. The van der Waals surface area contributed by atoms with Gasteiger partial charge in [-0.1, -0.05) is 5.92 Å². The van der Waals surface area contributed by atoms with Gasteiger partial charge in [-0.15, -0.1) is 0 Å². The van der Waals surface area contributed by atoms with Crippen LogP contribution in [0.25, 0.3) is 0 Å². The van der Waals surface area contributed by atoms with Crippen LogP contribution in [0, 0.1) is 23.2 Å². The van der Waals surface area contributed by atoms with Gasteiger partial charge < -0.3 is 4.90 Å². The van der Waals surface area contributed by atoms with E-state index >= 15 is 0 Å². The Morgan fingerprint density at radius 2 is 2.35 bits per heavy atom. The summed E-state index contributed by atoms with van der Waals surface area (Å²) >= 11 is 0. The third-order valence-corrected chi connectivity index (χ3v) is 2.55. The maximum Gasteiger partial charge on any atom is 0.223 e. The van der Waals surface area contributed by atoms with E-state index in [-0.39, 0.29) is 5.91 Å². The van der Waals surface area contributed by atoms with E-state index < -0.39 is 0 Å². The van der Waals surface area contributed by atoms with E-state index in [1.807, 2.05) is 6.07 Å². The number of pyridine rings is 1. The Morgan fingerprint density at radius 1 is 1.47 bits per heavy atom. The summed E-state index contributed by atoms with van der Waals surface area (Å²) in [4.78, 5) is 17.1. The van der Waals surface area contributed by atoms with Crippen LogP contribution in [0.15, 0.2) is 18.3 Å². The SMILES string of the molecule is N#Cc1ccc(C#CCN2CCCC2=O)nc1. The van der Waals surface area contributed by atoms with Crippen LogP contribution in [-0.4, -0.2) is 28.9 Å². The first-order valence-corrected chi connectivity index (χ1v) is 5.42. The molecule has 2 rings (SSSR count). The first-order valence-electron chi connectivity index (χ1n) is 5.42. The van der Waals surface area contributed by atoms with Gasteiger partial charge in [0.15, 0.2) is 0 Å². The van der Waals surface area contributed by atoms with Gasteiger partial charge in [-0.3, -0.25) is 4.79 Å². The second-order valence-electron chi connectivity index (χ2n) is 3.76. The monoisotopic (exact) mass is 225 g/mol. The van der Waals surface area contributed by atoms with Crippen LogP contribution in [0.4, 0.5) is 0 Å². The molecule has 1 aliphatic heterocycles. The standard InChI is InChI=1S/C13H11N3O/c14-9-11-5-6-12(15-10-11)3-1-7-16-8-2-4-13(16)17/h5-6,10H,2,4,7-8H2. The van der Waals surface area contributed by atoms with Gasteiger partial charge in [0.2, 0.25) is 5.91 Å². The second-order valence-corrected chi connectivity index (χ2v) is 3.76. The fraction of sp³-hybridized carbons (Fsp3) is 0.308. The number of likely N-dealkylation sites (tertiary alicyclic amines) is 1. The molecule has 17 heavy (non-hydrogen) atoms. The molecule has 0 aliphatic carbocycles. The van der Waals surface area contributed by atoms with Crippen molar-refractivity contribution in [1.29, 1.82) is 5.26 Å². The molecule has 1 saturated heterocycles. The Labute approximate surface area is 99.9 Å². The van der Waals surface area contributed by atoms with E-state index in [9.17, 15) is 4.79 Å². The molecule has 1 aliphatic rings. The van der Waals surface area contributed by atoms with Crippen molar-refractivity contribution in [3.05, 3.63) is 29.6 Å². The molecule has 0 N–H and O–H groups in total. The minimum atomic E-state index is 0.173. The van der Waals surface area contributed by atoms with Crippen molar-refractivity contribution >= 4 is 5.91 Å². The predicted octanol–water partition coefficient (Wildman–Crippen LogP) is 0.927. The van der Waals surface area contributed by atoms with Crippen LogP contribution in [0.5, 0.6) is 0 Å². The third kappa shape index (κ3) is 2.83. The molecule has 1 amide bonds. The van der Waals surface area contributed by atoms with Crippen molar-refractivity contribution in [2.24, 2.45) is 0 Å². The van der Waals surface area contributed by atoms with Gasteiger partial charge in [-0.05, 0) is 24.5 Å². The zero-order chi connectivity index (χ0) is 12.1. The van der Waals surface area contributed by atoms with Crippen molar-refractivity contribution in [3.63, 3.8) is 0 Å². The van der Waals surface area contributed by atoms with E-state index in [0.29, 0.717) is 24.2 Å². The first kappa shape index (κ1) is 11.2. The van der Waals surface area contributed by atoms with Gasteiger partial charge in [0.05, 0.1) is 12.1 Å². The number of carbonyl (C=O) groups excluding carboxylic acids is 1. The summed E-state index contributed by atoms with van der Waals surface area (Å²) in [5, 5.41) is 8.61. The number of amides is 1. The number of aromatic nitrogens is 1. The third-order valence-electron chi connectivity index (χ3n) is 2.55. The lowest BCUT2D eigenvalue weighted by Gasteiger charge is -2.09. The van der Waals surface area contributed by atoms with Gasteiger partial charge in [0, 0.05) is 19.2 Å². The highest BCUT2D eigenvalue weighted by atomic mass is 16.2. The zero-order valence-corrected chi connectivity index (χ0v) is 9.31. The normalized spacial score (nSPS) is 14.1. The summed E-state index contributed by atoms with van der Waals surface area (Å²) in [6.45, 7) is 1.26. The van der Waals surface area contributed by atoms with E-state index in [4.69, 9.17) is 5.26 Å². The minimum absolute atomic E-state index is 0.173. The molecule has 2 heterocycles. The summed E-state index contributed by atoms with van der Waals surface area (Å²) in [6.07, 6.45) is 3.05. The van der Waals surface area contributed by atoms with Gasteiger partial charge in [0.25, 0.3) is 0 Å². The topological polar surface area (TPSA) is 57.0 Å². The molecule has 84 valence electrons. The lowest BCUT2D eigenvalue weighted by molar-refractivity contribution is -0.127.